The topological polar surface area (TPSA) is 113 Å². The Morgan fingerprint density at radius 1 is 1.04 bits per heavy atom. The highest BCUT2D eigenvalue weighted by atomic mass is 16.5. The number of carbonyl (C=O) groups excluding carboxylic acids is 3. The van der Waals surface area contributed by atoms with Gasteiger partial charge in [-0.2, -0.15) is 0 Å². The fourth-order valence-corrected chi connectivity index (χ4v) is 2.44. The first kappa shape index (κ1) is 17.9. The summed E-state index contributed by atoms with van der Waals surface area (Å²) in [6, 6.07) is 13.6. The van der Waals surface area contributed by atoms with Crippen molar-refractivity contribution in [3.05, 3.63) is 65.7 Å². The molecular weight excluding hydrogens is 352 g/mol. The van der Waals surface area contributed by atoms with Gasteiger partial charge in [0.15, 0.2) is 6.61 Å². The molecule has 1 aliphatic rings. The van der Waals surface area contributed by atoms with E-state index in [1.807, 2.05) is 0 Å². The third-order valence-corrected chi connectivity index (χ3v) is 3.67. The largest absolute Gasteiger partial charge is 0.482 e. The molecule has 27 heavy (non-hydrogen) atoms. The Kier molecular flexibility index (Phi) is 4.98. The van der Waals surface area contributed by atoms with Crippen molar-refractivity contribution in [1.29, 1.82) is 0 Å². The van der Waals surface area contributed by atoms with Crippen molar-refractivity contribution in [2.75, 3.05) is 11.5 Å². The number of para-hydroxylation sites is 1. The Morgan fingerprint density at radius 3 is 2.33 bits per heavy atom. The summed E-state index contributed by atoms with van der Waals surface area (Å²) in [5.74, 6) is -2.29. The van der Waals surface area contributed by atoms with Crippen molar-refractivity contribution in [3.8, 4) is 5.75 Å². The second kappa shape index (κ2) is 7.52. The second-order valence-corrected chi connectivity index (χ2v) is 5.54. The van der Waals surface area contributed by atoms with E-state index in [9.17, 15) is 19.2 Å². The number of carboxylic acids is 1. The van der Waals surface area contributed by atoms with Gasteiger partial charge >= 0.3 is 12.0 Å². The summed E-state index contributed by atoms with van der Waals surface area (Å²) in [5, 5.41) is 10.7. The van der Waals surface area contributed by atoms with Crippen LogP contribution in [-0.2, 0) is 14.4 Å². The van der Waals surface area contributed by atoms with Gasteiger partial charge in [0, 0.05) is 0 Å². The smallest absolute Gasteiger partial charge is 0.341 e. The molecule has 0 aliphatic carbocycles. The fraction of sp³-hybridized carbons (Fsp3) is 0.0526. The van der Waals surface area contributed by atoms with E-state index < -0.39 is 30.4 Å². The molecular formula is C19H14N2O6. The fourth-order valence-electron chi connectivity index (χ4n) is 2.44. The monoisotopic (exact) mass is 366 g/mol. The zero-order valence-corrected chi connectivity index (χ0v) is 13.9. The van der Waals surface area contributed by atoms with Crippen molar-refractivity contribution in [2.24, 2.45) is 0 Å². The summed E-state index contributed by atoms with van der Waals surface area (Å²) in [7, 11) is 0. The van der Waals surface area contributed by atoms with Crippen LogP contribution in [-0.4, -0.2) is 35.5 Å². The molecule has 136 valence electrons. The summed E-state index contributed by atoms with van der Waals surface area (Å²) in [6.07, 6.45) is 1.35. The number of nitrogens with zero attached hydrogens (tertiary/aromatic N) is 1. The van der Waals surface area contributed by atoms with Crippen molar-refractivity contribution >= 4 is 35.6 Å². The number of nitrogens with one attached hydrogen (secondary N) is 1. The molecule has 1 heterocycles. The molecule has 1 aliphatic heterocycles. The van der Waals surface area contributed by atoms with Crippen LogP contribution in [0.4, 0.5) is 10.5 Å². The highest BCUT2D eigenvalue weighted by Crippen LogP contribution is 2.22. The first-order chi connectivity index (χ1) is 13.0. The van der Waals surface area contributed by atoms with E-state index in [-0.39, 0.29) is 5.57 Å². The molecule has 0 aromatic heterocycles. The minimum absolute atomic E-state index is 0.197. The molecule has 1 fully saturated rings. The van der Waals surface area contributed by atoms with E-state index in [0.29, 0.717) is 17.0 Å². The number of carbonyl (C=O) groups is 4. The van der Waals surface area contributed by atoms with Gasteiger partial charge in [-0.1, -0.05) is 30.3 Å². The number of aliphatic carboxylic acids is 1. The van der Waals surface area contributed by atoms with Crippen LogP contribution >= 0.6 is 0 Å². The Morgan fingerprint density at radius 2 is 1.70 bits per heavy atom. The number of benzene rings is 2. The molecule has 0 saturated carbocycles. The van der Waals surface area contributed by atoms with Crippen LogP contribution in [0.5, 0.6) is 5.75 Å². The molecule has 0 radical (unpaired) electrons. The van der Waals surface area contributed by atoms with Crippen molar-refractivity contribution < 1.29 is 29.0 Å². The van der Waals surface area contributed by atoms with Crippen LogP contribution in [0.15, 0.2) is 60.2 Å². The quantitative estimate of drug-likeness (QED) is 0.616. The zero-order valence-electron chi connectivity index (χ0n) is 13.9. The zero-order chi connectivity index (χ0) is 19.4. The Bertz CT molecular complexity index is 934. The molecule has 0 atom stereocenters. The number of amides is 4. The summed E-state index contributed by atoms with van der Waals surface area (Å²) >= 11 is 0. The lowest BCUT2D eigenvalue weighted by Gasteiger charge is -2.26. The van der Waals surface area contributed by atoms with E-state index in [0.717, 1.165) is 4.90 Å². The maximum absolute atomic E-state index is 12.7. The van der Waals surface area contributed by atoms with Crippen molar-refractivity contribution in [1.82, 2.24) is 5.32 Å². The molecule has 0 spiro atoms. The Balaban J connectivity index is 1.86. The predicted molar refractivity (Wildman–Crippen MR) is 95.0 cm³/mol. The van der Waals surface area contributed by atoms with Crippen LogP contribution in [0.25, 0.3) is 6.08 Å². The highest BCUT2D eigenvalue weighted by Gasteiger charge is 2.36. The molecule has 0 bridgehead atoms. The number of rotatable bonds is 5. The highest BCUT2D eigenvalue weighted by molar-refractivity contribution is 6.39. The number of hydrogen-bond acceptors (Lipinski definition) is 5. The SMILES string of the molecule is O=C(O)COc1ccc(/C=C2/C(=O)NC(=O)N(c3ccccc3)C2=O)cc1. The average molecular weight is 366 g/mol. The van der Waals surface area contributed by atoms with Crippen LogP contribution in [0.3, 0.4) is 0 Å². The molecule has 8 heteroatoms. The molecule has 8 nitrogen and oxygen atoms in total. The van der Waals surface area contributed by atoms with E-state index in [2.05, 4.69) is 5.32 Å². The lowest BCUT2D eigenvalue weighted by molar-refractivity contribution is -0.139. The third kappa shape index (κ3) is 4.01. The van der Waals surface area contributed by atoms with Gasteiger partial charge in [-0.05, 0) is 35.9 Å². The van der Waals surface area contributed by atoms with Crippen molar-refractivity contribution in [3.63, 3.8) is 0 Å². The minimum atomic E-state index is -1.10. The van der Waals surface area contributed by atoms with E-state index in [1.54, 1.807) is 42.5 Å². The van der Waals surface area contributed by atoms with Gasteiger partial charge < -0.3 is 9.84 Å². The van der Waals surface area contributed by atoms with Gasteiger partial charge in [-0.3, -0.25) is 14.9 Å². The molecule has 2 N–H and O–H groups in total. The number of hydrogen-bond donors (Lipinski definition) is 2. The van der Waals surface area contributed by atoms with Crippen LogP contribution in [0.2, 0.25) is 0 Å². The number of carboxylic acid groups (broad SMARTS) is 1. The van der Waals surface area contributed by atoms with Gasteiger partial charge in [-0.15, -0.1) is 0 Å². The maximum Gasteiger partial charge on any atom is 0.341 e. The van der Waals surface area contributed by atoms with E-state index in [4.69, 9.17) is 9.84 Å². The summed E-state index contributed by atoms with van der Waals surface area (Å²) in [4.78, 5) is 48.2. The van der Waals surface area contributed by atoms with E-state index in [1.165, 1.54) is 18.2 Å². The molecule has 0 unspecified atom stereocenters. The van der Waals surface area contributed by atoms with Gasteiger partial charge in [0.05, 0.1) is 5.69 Å². The summed E-state index contributed by atoms with van der Waals surface area (Å²) in [6.45, 7) is -0.477. The summed E-state index contributed by atoms with van der Waals surface area (Å²) in [5.41, 5.74) is 0.659. The van der Waals surface area contributed by atoms with Gasteiger partial charge in [0.2, 0.25) is 0 Å². The van der Waals surface area contributed by atoms with Crippen LogP contribution in [0, 0.1) is 0 Å². The van der Waals surface area contributed by atoms with Crippen LogP contribution < -0.4 is 15.0 Å². The van der Waals surface area contributed by atoms with Crippen molar-refractivity contribution in [2.45, 2.75) is 0 Å². The Hall–Kier alpha value is -3.94. The summed E-state index contributed by atoms with van der Waals surface area (Å²) < 4.78 is 5.02. The Labute approximate surface area is 153 Å². The number of urea groups is 1. The second-order valence-electron chi connectivity index (χ2n) is 5.54. The number of imide groups is 2. The first-order valence-electron chi connectivity index (χ1n) is 7.87. The minimum Gasteiger partial charge on any atom is -0.482 e. The maximum atomic E-state index is 12.7. The normalized spacial score (nSPS) is 15.6. The number of ether oxygens (including phenoxy) is 1. The van der Waals surface area contributed by atoms with Crippen LogP contribution in [0.1, 0.15) is 5.56 Å². The lowest BCUT2D eigenvalue weighted by atomic mass is 10.1. The average Bonchev–Trinajstić information content (AvgIpc) is 2.65. The van der Waals surface area contributed by atoms with Gasteiger partial charge in [0.1, 0.15) is 11.3 Å². The molecule has 4 amide bonds. The van der Waals surface area contributed by atoms with Gasteiger partial charge in [-0.25, -0.2) is 14.5 Å². The molecule has 1 saturated heterocycles. The molecule has 2 aromatic carbocycles. The first-order valence-corrected chi connectivity index (χ1v) is 7.87. The standard InChI is InChI=1S/C19H14N2O6/c22-16(23)11-27-14-8-6-12(7-9-14)10-15-17(24)20-19(26)21(18(15)25)13-4-2-1-3-5-13/h1-10H,11H2,(H,22,23)(H,20,24,26)/b15-10-. The molecule has 3 rings (SSSR count). The number of barbiturate groups is 1. The van der Waals surface area contributed by atoms with Gasteiger partial charge in [0.25, 0.3) is 11.8 Å². The predicted octanol–water partition coefficient (Wildman–Crippen LogP) is 1.82. The molecule has 2 aromatic rings. The lowest BCUT2D eigenvalue weighted by Crippen LogP contribution is -2.54. The third-order valence-electron chi connectivity index (χ3n) is 3.67. The number of anilines is 1. The van der Waals surface area contributed by atoms with E-state index >= 15 is 0 Å².